The Bertz CT molecular complexity index is 575. The Morgan fingerprint density at radius 1 is 1.11 bits per heavy atom. The van der Waals surface area contributed by atoms with Gasteiger partial charge in [0.2, 0.25) is 0 Å². The molecule has 0 aliphatic carbocycles. The van der Waals surface area contributed by atoms with E-state index in [0.717, 1.165) is 11.3 Å². The normalized spacial score (nSPS) is 13.1. The fraction of sp³-hybridized carbons (Fsp3) is 0.0769. The molecule has 2 aromatic rings. The van der Waals surface area contributed by atoms with E-state index >= 15 is 0 Å². The van der Waals surface area contributed by atoms with E-state index in [-0.39, 0.29) is 31.7 Å². The molecule has 0 aromatic heterocycles. The SMILES string of the molecule is Fc1cc[c-]c(N2[N-]Cc3cc(F)ccc32)c1.[Ir]. The van der Waals surface area contributed by atoms with Crippen LogP contribution < -0.4 is 5.01 Å². The van der Waals surface area contributed by atoms with Crippen LogP contribution in [0, 0.1) is 17.7 Å². The maximum Gasteiger partial charge on any atom is 0.123 e. The summed E-state index contributed by atoms with van der Waals surface area (Å²) in [6, 6.07) is 11.5. The average Bonchev–Trinajstić information content (AvgIpc) is 2.71. The second-order valence-electron chi connectivity index (χ2n) is 3.78. The molecule has 95 valence electrons. The first-order valence-electron chi connectivity index (χ1n) is 5.17. The van der Waals surface area contributed by atoms with E-state index in [0.29, 0.717) is 12.2 Å². The van der Waals surface area contributed by atoms with Gasteiger partial charge in [-0.25, -0.2) is 8.78 Å². The number of hydrogen-bond acceptors (Lipinski definition) is 1. The molecule has 0 fully saturated rings. The van der Waals surface area contributed by atoms with Crippen LogP contribution in [0.3, 0.4) is 0 Å². The number of hydrogen-bond donors (Lipinski definition) is 0. The molecule has 18 heavy (non-hydrogen) atoms. The van der Waals surface area contributed by atoms with Crippen molar-refractivity contribution in [1.29, 1.82) is 0 Å². The maximum absolute atomic E-state index is 13.1. The summed E-state index contributed by atoms with van der Waals surface area (Å²) < 4.78 is 26.1. The standard InChI is InChI=1S/C13H8F2N2.Ir/c14-10-2-1-3-12(7-10)17-13-5-4-11(15)6-9(13)8-16-17;/h1-2,4-7H,8H2;/q-2;. The van der Waals surface area contributed by atoms with Gasteiger partial charge in [0.05, 0.1) is 0 Å². The average molecular weight is 422 g/mol. The van der Waals surface area contributed by atoms with Crippen LogP contribution in [0.5, 0.6) is 0 Å². The molecule has 0 saturated heterocycles. The van der Waals surface area contributed by atoms with Gasteiger partial charge in [0.15, 0.2) is 0 Å². The summed E-state index contributed by atoms with van der Waals surface area (Å²) in [4.78, 5) is 0. The zero-order chi connectivity index (χ0) is 11.8. The van der Waals surface area contributed by atoms with E-state index in [9.17, 15) is 8.78 Å². The van der Waals surface area contributed by atoms with Crippen LogP contribution in [0.2, 0.25) is 0 Å². The fourth-order valence-electron chi connectivity index (χ4n) is 1.87. The molecule has 0 N–H and O–H groups in total. The van der Waals surface area contributed by atoms with E-state index in [1.54, 1.807) is 11.1 Å². The van der Waals surface area contributed by atoms with Gasteiger partial charge >= 0.3 is 0 Å². The summed E-state index contributed by atoms with van der Waals surface area (Å²) in [6.45, 7) is 0.400. The smallest absolute Gasteiger partial charge is 0.123 e. The van der Waals surface area contributed by atoms with Crippen molar-refractivity contribution in [3.63, 3.8) is 0 Å². The first kappa shape index (κ1) is 13.1. The summed E-state index contributed by atoms with van der Waals surface area (Å²) in [7, 11) is 0. The molecule has 1 aliphatic rings. The molecule has 0 spiro atoms. The van der Waals surface area contributed by atoms with Crippen LogP contribution in [0.25, 0.3) is 5.43 Å². The minimum atomic E-state index is -0.343. The Morgan fingerprint density at radius 3 is 2.67 bits per heavy atom. The van der Waals surface area contributed by atoms with Crippen LogP contribution in [-0.2, 0) is 26.7 Å². The fourth-order valence-corrected chi connectivity index (χ4v) is 1.87. The zero-order valence-corrected chi connectivity index (χ0v) is 11.6. The number of rotatable bonds is 1. The number of fused-ring (bicyclic) bond motifs is 1. The third-order valence-corrected chi connectivity index (χ3v) is 2.63. The van der Waals surface area contributed by atoms with Gasteiger partial charge in [0, 0.05) is 31.6 Å². The number of anilines is 2. The number of nitrogens with zero attached hydrogens (tertiary/aromatic N) is 2. The van der Waals surface area contributed by atoms with Gasteiger partial charge in [-0.15, -0.1) is 18.7 Å². The first-order chi connectivity index (χ1) is 8.24. The Morgan fingerprint density at radius 2 is 1.89 bits per heavy atom. The monoisotopic (exact) mass is 423 g/mol. The van der Waals surface area contributed by atoms with Crippen molar-refractivity contribution < 1.29 is 28.9 Å². The molecule has 1 radical (unpaired) electrons. The van der Waals surface area contributed by atoms with Gasteiger partial charge in [0.1, 0.15) is 5.82 Å². The third-order valence-electron chi connectivity index (χ3n) is 2.63. The maximum atomic E-state index is 13.1. The Kier molecular flexibility index (Phi) is 3.76. The molecule has 0 atom stereocenters. The van der Waals surface area contributed by atoms with Crippen LogP contribution >= 0.6 is 0 Å². The molecule has 2 aromatic carbocycles. The Balaban J connectivity index is 0.00000120. The van der Waals surface area contributed by atoms with Crippen LogP contribution in [0.15, 0.2) is 36.4 Å². The minimum absolute atomic E-state index is 0. The summed E-state index contributed by atoms with van der Waals surface area (Å²) in [5.74, 6) is -0.631. The molecular weight excluding hydrogens is 414 g/mol. The summed E-state index contributed by atoms with van der Waals surface area (Å²) in [5.41, 5.74) is 6.31. The first-order valence-corrected chi connectivity index (χ1v) is 5.17. The summed E-state index contributed by atoms with van der Waals surface area (Å²) >= 11 is 0. The van der Waals surface area contributed by atoms with Gasteiger partial charge in [-0.05, 0) is 23.8 Å². The Labute approximate surface area is 117 Å². The zero-order valence-electron chi connectivity index (χ0n) is 9.15. The Hall–Kier alpha value is -1.29. The quantitative estimate of drug-likeness (QED) is 0.641. The molecule has 3 rings (SSSR count). The second-order valence-corrected chi connectivity index (χ2v) is 3.78. The van der Waals surface area contributed by atoms with Gasteiger partial charge in [0.25, 0.3) is 0 Å². The van der Waals surface area contributed by atoms with Crippen molar-refractivity contribution in [3.8, 4) is 0 Å². The molecule has 0 bridgehead atoms. The van der Waals surface area contributed by atoms with E-state index in [4.69, 9.17) is 0 Å². The molecule has 1 aliphatic heterocycles. The van der Waals surface area contributed by atoms with Crippen molar-refractivity contribution in [2.75, 3.05) is 5.01 Å². The van der Waals surface area contributed by atoms with E-state index in [1.165, 1.54) is 30.3 Å². The van der Waals surface area contributed by atoms with E-state index in [1.807, 2.05) is 0 Å². The molecule has 5 heteroatoms. The largest absolute Gasteiger partial charge is 0.561 e. The predicted octanol–water partition coefficient (Wildman–Crippen LogP) is 3.70. The van der Waals surface area contributed by atoms with Crippen molar-refractivity contribution >= 4 is 11.4 Å². The number of halogens is 2. The van der Waals surface area contributed by atoms with Crippen molar-refractivity contribution in [2.24, 2.45) is 0 Å². The molecule has 0 amide bonds. The summed E-state index contributed by atoms with van der Waals surface area (Å²) in [6.07, 6.45) is 0. The van der Waals surface area contributed by atoms with Crippen molar-refractivity contribution in [2.45, 2.75) is 6.54 Å². The molecule has 1 heterocycles. The van der Waals surface area contributed by atoms with Crippen LogP contribution in [-0.4, -0.2) is 0 Å². The predicted molar refractivity (Wildman–Crippen MR) is 60.8 cm³/mol. The van der Waals surface area contributed by atoms with E-state index < -0.39 is 0 Å². The van der Waals surface area contributed by atoms with Crippen molar-refractivity contribution in [3.05, 3.63) is 65.1 Å². The van der Waals surface area contributed by atoms with Gasteiger partial charge in [-0.1, -0.05) is 5.69 Å². The third kappa shape index (κ3) is 2.29. The molecular formula is C13H8F2IrN2-2. The van der Waals surface area contributed by atoms with Crippen molar-refractivity contribution in [1.82, 2.24) is 0 Å². The molecule has 2 nitrogen and oxygen atoms in total. The van der Waals surface area contributed by atoms with E-state index in [2.05, 4.69) is 11.5 Å². The van der Waals surface area contributed by atoms with Crippen LogP contribution in [0.1, 0.15) is 5.56 Å². The number of benzene rings is 2. The van der Waals surface area contributed by atoms with Crippen LogP contribution in [0.4, 0.5) is 20.2 Å². The molecule has 0 saturated carbocycles. The molecule has 0 unspecified atom stereocenters. The van der Waals surface area contributed by atoms with Gasteiger partial charge in [-0.3, -0.25) is 0 Å². The summed E-state index contributed by atoms with van der Waals surface area (Å²) in [5, 5.41) is 1.58. The topological polar surface area (TPSA) is 17.3 Å². The minimum Gasteiger partial charge on any atom is -0.561 e. The van der Waals surface area contributed by atoms with Gasteiger partial charge in [-0.2, -0.15) is 12.1 Å². The van der Waals surface area contributed by atoms with Gasteiger partial charge < -0.3 is 10.4 Å². The second kappa shape index (κ2) is 5.14.